The fraction of sp³-hybridized carbons (Fsp3) is 0.357. The van der Waals surface area contributed by atoms with Gasteiger partial charge in [-0.25, -0.2) is 4.98 Å². The van der Waals surface area contributed by atoms with Gasteiger partial charge in [0.1, 0.15) is 0 Å². The van der Waals surface area contributed by atoms with Crippen LogP contribution in [0.1, 0.15) is 17.5 Å². The maximum absolute atomic E-state index is 12.4. The topological polar surface area (TPSA) is 17.8 Å². The number of hydrogen-bond acceptors (Lipinski definition) is 1. The highest BCUT2D eigenvalue weighted by molar-refractivity contribution is 6.20. The van der Waals surface area contributed by atoms with Crippen LogP contribution in [0.15, 0.2) is 43.0 Å². The predicted molar refractivity (Wildman–Crippen MR) is 71.6 cm³/mol. The zero-order chi connectivity index (χ0) is 14.6. The summed E-state index contributed by atoms with van der Waals surface area (Å²) in [5, 5.41) is -0.0773. The molecule has 2 nitrogen and oxygen atoms in total. The van der Waals surface area contributed by atoms with E-state index < -0.39 is 11.7 Å². The van der Waals surface area contributed by atoms with Crippen molar-refractivity contribution < 1.29 is 13.2 Å². The molecule has 1 aromatic heterocycles. The summed E-state index contributed by atoms with van der Waals surface area (Å²) in [5.74, 6) is 0. The Morgan fingerprint density at radius 3 is 2.45 bits per heavy atom. The largest absolute Gasteiger partial charge is 0.416 e. The Labute approximate surface area is 120 Å². The van der Waals surface area contributed by atoms with Gasteiger partial charge in [-0.3, -0.25) is 0 Å². The summed E-state index contributed by atoms with van der Waals surface area (Å²) in [7, 11) is 0. The number of benzene rings is 1. The van der Waals surface area contributed by atoms with Crippen molar-refractivity contribution in [1.29, 1.82) is 0 Å². The fourth-order valence-electron chi connectivity index (χ4n) is 1.90. The normalized spacial score (nSPS) is 13.4. The lowest BCUT2D eigenvalue weighted by molar-refractivity contribution is -0.137. The van der Waals surface area contributed by atoms with Crippen molar-refractivity contribution in [3.8, 4) is 0 Å². The minimum atomic E-state index is -4.28. The lowest BCUT2D eigenvalue weighted by Crippen LogP contribution is -2.10. The minimum absolute atomic E-state index is 0.0773. The lowest BCUT2D eigenvalue weighted by Gasteiger charge is -2.11. The molecule has 0 fully saturated rings. The average molecular weight is 303 g/mol. The second-order valence-corrected chi connectivity index (χ2v) is 5.21. The van der Waals surface area contributed by atoms with Crippen LogP contribution in [0.5, 0.6) is 0 Å². The van der Waals surface area contributed by atoms with E-state index >= 15 is 0 Å². The molecule has 0 aliphatic carbocycles. The van der Waals surface area contributed by atoms with Crippen molar-refractivity contribution in [1.82, 2.24) is 9.55 Å². The van der Waals surface area contributed by atoms with Crippen molar-refractivity contribution >= 4 is 11.6 Å². The van der Waals surface area contributed by atoms with E-state index in [4.69, 9.17) is 11.6 Å². The first-order valence-electron chi connectivity index (χ1n) is 6.21. The molecule has 0 bridgehead atoms. The maximum atomic E-state index is 12.4. The fourth-order valence-corrected chi connectivity index (χ4v) is 2.17. The standard InChI is InChI=1S/C14H14ClF3N2/c15-13(9-20-8-7-19-10-20)6-3-11-1-4-12(5-2-11)14(16,17)18/h1-2,4-5,7-8,10,13H,3,6,9H2. The van der Waals surface area contributed by atoms with E-state index in [1.807, 2.05) is 10.8 Å². The number of aromatic nitrogens is 2. The first-order valence-corrected chi connectivity index (χ1v) is 6.65. The predicted octanol–water partition coefficient (Wildman–Crippen LogP) is 4.14. The molecule has 0 saturated carbocycles. The van der Waals surface area contributed by atoms with Crippen LogP contribution in [-0.2, 0) is 19.1 Å². The van der Waals surface area contributed by atoms with Gasteiger partial charge in [0.05, 0.1) is 17.3 Å². The number of aryl methyl sites for hydroxylation is 1. The molecule has 0 spiro atoms. The lowest BCUT2D eigenvalue weighted by atomic mass is 10.1. The summed E-state index contributed by atoms with van der Waals surface area (Å²) >= 11 is 6.20. The summed E-state index contributed by atoms with van der Waals surface area (Å²) in [6.07, 6.45) is 2.27. The van der Waals surface area contributed by atoms with Gasteiger partial charge in [-0.15, -0.1) is 11.6 Å². The maximum Gasteiger partial charge on any atom is 0.416 e. The quantitative estimate of drug-likeness (QED) is 0.759. The molecule has 2 rings (SSSR count). The van der Waals surface area contributed by atoms with Crippen LogP contribution < -0.4 is 0 Å². The number of nitrogens with zero attached hydrogens (tertiary/aromatic N) is 2. The Kier molecular flexibility index (Phi) is 4.70. The zero-order valence-corrected chi connectivity index (χ0v) is 11.4. The van der Waals surface area contributed by atoms with Gasteiger partial charge in [0.2, 0.25) is 0 Å². The minimum Gasteiger partial charge on any atom is -0.336 e. The summed E-state index contributed by atoms with van der Waals surface area (Å²) in [6.45, 7) is 0.641. The van der Waals surface area contributed by atoms with E-state index in [-0.39, 0.29) is 5.38 Å². The third-order valence-electron chi connectivity index (χ3n) is 3.00. The van der Waals surface area contributed by atoms with Crippen LogP contribution >= 0.6 is 11.6 Å². The summed E-state index contributed by atoms with van der Waals surface area (Å²) in [6, 6.07) is 5.22. The van der Waals surface area contributed by atoms with Crippen LogP contribution in [0.4, 0.5) is 13.2 Å². The Hall–Kier alpha value is -1.49. The van der Waals surface area contributed by atoms with Gasteiger partial charge in [-0.2, -0.15) is 13.2 Å². The Balaban J connectivity index is 1.84. The third kappa shape index (κ3) is 4.27. The van der Waals surface area contributed by atoms with E-state index in [2.05, 4.69) is 4.98 Å². The molecular weight excluding hydrogens is 289 g/mol. The smallest absolute Gasteiger partial charge is 0.336 e. The Morgan fingerprint density at radius 2 is 1.90 bits per heavy atom. The highest BCUT2D eigenvalue weighted by Crippen LogP contribution is 2.29. The molecule has 6 heteroatoms. The van der Waals surface area contributed by atoms with Crippen molar-refractivity contribution in [2.45, 2.75) is 30.9 Å². The van der Waals surface area contributed by atoms with Gasteiger partial charge >= 0.3 is 6.18 Å². The molecule has 108 valence electrons. The Morgan fingerprint density at radius 1 is 1.20 bits per heavy atom. The molecule has 2 aromatic rings. The van der Waals surface area contributed by atoms with Crippen molar-refractivity contribution in [2.75, 3.05) is 0 Å². The molecule has 0 aliphatic rings. The van der Waals surface area contributed by atoms with Gasteiger partial charge < -0.3 is 4.57 Å². The SMILES string of the molecule is FC(F)(F)c1ccc(CCC(Cl)Cn2ccnc2)cc1. The van der Waals surface area contributed by atoms with Gasteiger partial charge in [0.15, 0.2) is 0 Å². The third-order valence-corrected chi connectivity index (χ3v) is 3.35. The number of hydrogen-bond donors (Lipinski definition) is 0. The molecule has 0 amide bonds. The first-order chi connectivity index (χ1) is 9.45. The molecule has 0 saturated heterocycles. The van der Waals surface area contributed by atoms with Gasteiger partial charge in [-0.1, -0.05) is 12.1 Å². The molecular formula is C14H14ClF3N2. The first kappa shape index (κ1) is 14.9. The number of alkyl halides is 4. The van der Waals surface area contributed by atoms with Crippen LogP contribution in [0.3, 0.4) is 0 Å². The molecule has 1 atom stereocenters. The second kappa shape index (κ2) is 6.31. The van der Waals surface area contributed by atoms with E-state index in [1.165, 1.54) is 12.1 Å². The van der Waals surface area contributed by atoms with E-state index in [1.54, 1.807) is 12.5 Å². The molecule has 20 heavy (non-hydrogen) atoms. The second-order valence-electron chi connectivity index (χ2n) is 4.59. The van der Waals surface area contributed by atoms with E-state index in [9.17, 15) is 13.2 Å². The van der Waals surface area contributed by atoms with Gasteiger partial charge in [-0.05, 0) is 30.5 Å². The molecule has 0 N–H and O–H groups in total. The van der Waals surface area contributed by atoms with Crippen molar-refractivity contribution in [3.63, 3.8) is 0 Å². The Bertz CT molecular complexity index is 520. The van der Waals surface area contributed by atoms with E-state index in [0.29, 0.717) is 19.4 Å². The number of rotatable bonds is 5. The number of imidazole rings is 1. The highest BCUT2D eigenvalue weighted by atomic mass is 35.5. The highest BCUT2D eigenvalue weighted by Gasteiger charge is 2.29. The van der Waals surface area contributed by atoms with E-state index in [0.717, 1.165) is 17.7 Å². The van der Waals surface area contributed by atoms with Crippen LogP contribution in [-0.4, -0.2) is 14.9 Å². The summed E-state index contributed by atoms with van der Waals surface area (Å²) < 4.78 is 39.1. The van der Waals surface area contributed by atoms with Gasteiger partial charge in [0.25, 0.3) is 0 Å². The van der Waals surface area contributed by atoms with Crippen molar-refractivity contribution in [2.24, 2.45) is 0 Å². The monoisotopic (exact) mass is 302 g/mol. The number of halogens is 4. The molecule has 1 heterocycles. The summed E-state index contributed by atoms with van der Waals surface area (Å²) in [4.78, 5) is 3.92. The molecule has 0 aliphatic heterocycles. The zero-order valence-electron chi connectivity index (χ0n) is 10.6. The van der Waals surface area contributed by atoms with Gasteiger partial charge in [0, 0.05) is 18.9 Å². The molecule has 1 aromatic carbocycles. The molecule has 0 radical (unpaired) electrons. The van der Waals surface area contributed by atoms with Crippen LogP contribution in [0, 0.1) is 0 Å². The van der Waals surface area contributed by atoms with Crippen LogP contribution in [0.25, 0.3) is 0 Å². The average Bonchev–Trinajstić information content (AvgIpc) is 2.88. The van der Waals surface area contributed by atoms with Crippen LogP contribution in [0.2, 0.25) is 0 Å². The molecule has 1 unspecified atom stereocenters. The summed E-state index contributed by atoms with van der Waals surface area (Å²) in [5.41, 5.74) is 0.233. The van der Waals surface area contributed by atoms with Crippen molar-refractivity contribution in [3.05, 3.63) is 54.1 Å².